The lowest BCUT2D eigenvalue weighted by atomic mass is 10.1. The number of carbonyl (C=O) groups is 1. The van der Waals surface area contributed by atoms with Crippen molar-refractivity contribution in [3.8, 4) is 5.75 Å². The van der Waals surface area contributed by atoms with Gasteiger partial charge in [0.25, 0.3) is 20.1 Å². The van der Waals surface area contributed by atoms with Gasteiger partial charge < -0.3 is 16.2 Å². The molecule has 0 aromatic heterocycles. The molecule has 14 heteroatoms. The number of nitrogens with two attached hydrogens (primary N) is 1. The molecule has 4 rings (SSSR count). The van der Waals surface area contributed by atoms with Gasteiger partial charge in [0.05, 0.1) is 21.7 Å². The van der Waals surface area contributed by atoms with Gasteiger partial charge in [0, 0.05) is 18.3 Å². The highest BCUT2D eigenvalue weighted by Gasteiger charge is 2.27. The van der Waals surface area contributed by atoms with E-state index < -0.39 is 36.7 Å². The Bertz CT molecular complexity index is 1910. The number of phenolic OH excluding ortho intramolecular Hbond substituents is 1. The van der Waals surface area contributed by atoms with Crippen LogP contribution in [-0.2, 0) is 24.9 Å². The number of amides is 1. The number of nitrogen functional groups attached to an aromatic ring is 1. The van der Waals surface area contributed by atoms with Crippen molar-refractivity contribution in [3.05, 3.63) is 85.5 Å². The molecule has 4 aromatic rings. The van der Waals surface area contributed by atoms with Crippen LogP contribution in [0.1, 0.15) is 6.92 Å². The lowest BCUT2D eigenvalue weighted by Gasteiger charge is -2.23. The van der Waals surface area contributed by atoms with Crippen LogP contribution in [0.25, 0.3) is 10.8 Å². The number of aromatic hydroxyl groups is 1. The average Bonchev–Trinajstić information content (AvgIpc) is 2.93. The third kappa shape index (κ3) is 6.04. The minimum Gasteiger partial charge on any atom is -0.507 e. The first kappa shape index (κ1) is 29.2. The van der Waals surface area contributed by atoms with Gasteiger partial charge in [-0.3, -0.25) is 13.7 Å². The second-order valence-electron chi connectivity index (χ2n) is 8.60. The van der Waals surface area contributed by atoms with Gasteiger partial charge in [-0.05, 0) is 66.9 Å². The number of carbonyl (C=O) groups excluding carboxylic acids is 1. The zero-order valence-corrected chi connectivity index (χ0v) is 23.2. The van der Waals surface area contributed by atoms with Crippen molar-refractivity contribution < 1.29 is 31.3 Å². The summed E-state index contributed by atoms with van der Waals surface area (Å²) in [6, 6.07) is 16.9. The van der Waals surface area contributed by atoms with Crippen LogP contribution in [0.4, 0.5) is 28.4 Å². The van der Waals surface area contributed by atoms with Crippen LogP contribution in [0.5, 0.6) is 5.75 Å². The SMILES string of the molecule is C=CC(=O)Nc1ccc(N(CC)S(=O)(=O)c2ccccc2N=Nc2c(N)ccc3cc(S(=O)(=O)O)cc(O)c23)cc1. The molecule has 0 atom stereocenters. The maximum Gasteiger partial charge on any atom is 0.294 e. The van der Waals surface area contributed by atoms with Crippen LogP contribution in [0.15, 0.2) is 105 Å². The number of nitrogens with zero attached hydrogens (tertiary/aromatic N) is 3. The molecule has 0 bridgehead atoms. The fraction of sp³-hybridized carbons (Fsp3) is 0.0741. The summed E-state index contributed by atoms with van der Waals surface area (Å²) in [7, 11) is -8.76. The number of nitrogens with one attached hydrogen (secondary N) is 1. The van der Waals surface area contributed by atoms with Crippen molar-refractivity contribution in [3.63, 3.8) is 0 Å². The van der Waals surface area contributed by atoms with Crippen LogP contribution >= 0.6 is 0 Å². The van der Waals surface area contributed by atoms with Crippen LogP contribution < -0.4 is 15.4 Å². The predicted molar refractivity (Wildman–Crippen MR) is 156 cm³/mol. The summed E-state index contributed by atoms with van der Waals surface area (Å²) < 4.78 is 61.2. The number of benzene rings is 4. The third-order valence-electron chi connectivity index (χ3n) is 5.96. The van der Waals surface area contributed by atoms with Crippen LogP contribution in [-0.4, -0.2) is 38.9 Å². The summed E-state index contributed by atoms with van der Waals surface area (Å²) in [6.45, 7) is 5.13. The molecular formula is C27H25N5O7S2. The third-order valence-corrected chi connectivity index (χ3v) is 8.74. The van der Waals surface area contributed by atoms with Gasteiger partial charge in [0.2, 0.25) is 5.91 Å². The fourth-order valence-electron chi connectivity index (χ4n) is 4.05. The number of hydrogen-bond acceptors (Lipinski definition) is 9. The lowest BCUT2D eigenvalue weighted by molar-refractivity contribution is -0.111. The van der Waals surface area contributed by atoms with E-state index in [2.05, 4.69) is 22.1 Å². The number of azo groups is 1. The molecule has 0 radical (unpaired) electrons. The molecule has 0 saturated carbocycles. The fourth-order valence-corrected chi connectivity index (χ4v) is 6.18. The molecule has 0 fully saturated rings. The highest BCUT2D eigenvalue weighted by molar-refractivity contribution is 7.93. The van der Waals surface area contributed by atoms with Crippen molar-refractivity contribution in [1.82, 2.24) is 0 Å². The Morgan fingerprint density at radius 2 is 1.71 bits per heavy atom. The molecule has 0 aliphatic heterocycles. The Kier molecular flexibility index (Phi) is 8.10. The normalized spacial score (nSPS) is 12.0. The van der Waals surface area contributed by atoms with E-state index >= 15 is 0 Å². The molecule has 1 amide bonds. The maximum absolute atomic E-state index is 13.8. The number of hydrogen-bond donors (Lipinski definition) is 4. The van der Waals surface area contributed by atoms with Crippen molar-refractivity contribution in [2.24, 2.45) is 10.2 Å². The van der Waals surface area contributed by atoms with Gasteiger partial charge in [-0.25, -0.2) is 8.42 Å². The maximum atomic E-state index is 13.8. The summed E-state index contributed by atoms with van der Waals surface area (Å²) >= 11 is 0. The van der Waals surface area contributed by atoms with Crippen LogP contribution in [0.2, 0.25) is 0 Å². The van der Waals surface area contributed by atoms with Gasteiger partial charge in [-0.1, -0.05) is 24.8 Å². The van der Waals surface area contributed by atoms with Gasteiger partial charge in [-0.15, -0.1) is 10.2 Å². The van der Waals surface area contributed by atoms with Crippen molar-refractivity contribution in [2.45, 2.75) is 16.7 Å². The first-order valence-corrected chi connectivity index (χ1v) is 14.8. The molecule has 0 unspecified atom stereocenters. The van der Waals surface area contributed by atoms with E-state index in [0.29, 0.717) is 11.4 Å². The molecule has 0 aliphatic rings. The smallest absolute Gasteiger partial charge is 0.294 e. The molecule has 212 valence electrons. The average molecular weight is 596 g/mol. The lowest BCUT2D eigenvalue weighted by Crippen LogP contribution is -2.30. The molecule has 0 saturated heterocycles. The number of fused-ring (bicyclic) bond motifs is 1. The van der Waals surface area contributed by atoms with E-state index in [1.165, 1.54) is 30.3 Å². The topological polar surface area (TPSA) is 192 Å². The van der Waals surface area contributed by atoms with E-state index in [1.807, 2.05) is 0 Å². The molecule has 5 N–H and O–H groups in total. The molecule has 0 spiro atoms. The second-order valence-corrected chi connectivity index (χ2v) is 11.8. The number of phenols is 1. The highest BCUT2D eigenvalue weighted by Crippen LogP contribution is 2.41. The number of anilines is 3. The Hall–Kier alpha value is -4.79. The molecular weight excluding hydrogens is 570 g/mol. The van der Waals surface area contributed by atoms with E-state index in [1.54, 1.807) is 37.3 Å². The zero-order chi connectivity index (χ0) is 29.9. The van der Waals surface area contributed by atoms with Crippen LogP contribution in [0, 0.1) is 0 Å². The van der Waals surface area contributed by atoms with Crippen LogP contribution in [0.3, 0.4) is 0 Å². The first-order valence-electron chi connectivity index (χ1n) is 12.0. The minimum atomic E-state index is -4.60. The van der Waals surface area contributed by atoms with E-state index in [4.69, 9.17) is 5.73 Å². The summed E-state index contributed by atoms with van der Waals surface area (Å²) in [6.07, 6.45) is 1.12. The molecule has 0 aliphatic carbocycles. The summed E-state index contributed by atoms with van der Waals surface area (Å²) in [5, 5.41) is 21.7. The Balaban J connectivity index is 1.76. The molecule has 0 heterocycles. The largest absolute Gasteiger partial charge is 0.507 e. The highest BCUT2D eigenvalue weighted by atomic mass is 32.2. The molecule has 41 heavy (non-hydrogen) atoms. The standard InChI is InChI=1S/C27H25N5O7S2/c1-3-25(34)29-18-10-12-19(13-11-18)32(4-2)40(35,36)24-8-6-5-7-22(24)30-31-27-21(28)14-9-17-15-20(41(37,38)39)16-23(33)26(17)27/h3,5-16,33H,1,4,28H2,2H3,(H,29,34)(H,37,38,39). The van der Waals surface area contributed by atoms with Gasteiger partial charge >= 0.3 is 0 Å². The zero-order valence-electron chi connectivity index (χ0n) is 21.6. The van der Waals surface area contributed by atoms with Crippen molar-refractivity contribution in [1.29, 1.82) is 0 Å². The Labute approximate surface area is 236 Å². The van der Waals surface area contributed by atoms with Gasteiger partial charge in [0.1, 0.15) is 22.0 Å². The van der Waals surface area contributed by atoms with Crippen molar-refractivity contribution >= 4 is 65.3 Å². The first-order chi connectivity index (χ1) is 19.4. The monoisotopic (exact) mass is 595 g/mol. The summed E-state index contributed by atoms with van der Waals surface area (Å²) in [5.41, 5.74) is 6.90. The van der Waals surface area contributed by atoms with Crippen molar-refractivity contribution in [2.75, 3.05) is 21.9 Å². The quantitative estimate of drug-likeness (QED) is 0.0885. The Morgan fingerprint density at radius 1 is 1.02 bits per heavy atom. The second kappa shape index (κ2) is 11.4. The molecule has 12 nitrogen and oxygen atoms in total. The number of sulfonamides is 1. The predicted octanol–water partition coefficient (Wildman–Crippen LogP) is 5.13. The van der Waals surface area contributed by atoms with Gasteiger partial charge in [0.15, 0.2) is 0 Å². The Morgan fingerprint density at radius 3 is 2.34 bits per heavy atom. The summed E-state index contributed by atoms with van der Waals surface area (Å²) in [5.74, 6) is -0.932. The van der Waals surface area contributed by atoms with E-state index in [0.717, 1.165) is 22.5 Å². The summed E-state index contributed by atoms with van der Waals surface area (Å²) in [4.78, 5) is 10.9. The number of rotatable bonds is 9. The van der Waals surface area contributed by atoms with E-state index in [-0.39, 0.29) is 39.3 Å². The van der Waals surface area contributed by atoms with E-state index in [9.17, 15) is 31.3 Å². The van der Waals surface area contributed by atoms with Gasteiger partial charge in [-0.2, -0.15) is 8.42 Å². The molecule has 4 aromatic carbocycles. The minimum absolute atomic E-state index is 0.0220.